The first-order valence-corrected chi connectivity index (χ1v) is 7.63. The molecule has 1 aliphatic rings. The third kappa shape index (κ3) is 2.89. The molecule has 0 fully saturated rings. The molecule has 2 aromatic carbocycles. The normalized spacial score (nSPS) is 14.3. The van der Waals surface area contributed by atoms with Crippen molar-refractivity contribution < 1.29 is 0 Å². The van der Waals surface area contributed by atoms with Crippen LogP contribution < -0.4 is 5.32 Å². The molecule has 2 aromatic rings. The van der Waals surface area contributed by atoms with Crippen LogP contribution in [0.3, 0.4) is 0 Å². The highest BCUT2D eigenvalue weighted by molar-refractivity contribution is 6.31. The van der Waals surface area contributed by atoms with Crippen molar-refractivity contribution in [1.82, 2.24) is 0 Å². The quantitative estimate of drug-likeness (QED) is 0.877. The molecule has 0 aliphatic heterocycles. The van der Waals surface area contributed by atoms with Crippen molar-refractivity contribution in [3.8, 4) is 6.07 Å². The second-order valence-corrected chi connectivity index (χ2v) is 5.96. The van der Waals surface area contributed by atoms with Gasteiger partial charge in [-0.25, -0.2) is 0 Å². The topological polar surface area (TPSA) is 35.8 Å². The van der Waals surface area contributed by atoms with Crippen molar-refractivity contribution in [1.29, 1.82) is 5.26 Å². The molecule has 0 amide bonds. The molecule has 0 heterocycles. The highest BCUT2D eigenvalue weighted by atomic mass is 35.5. The maximum Gasteiger partial charge on any atom is 0.101 e. The molecule has 0 aromatic heterocycles. The lowest BCUT2D eigenvalue weighted by atomic mass is 10.0. The second kappa shape index (κ2) is 5.79. The lowest BCUT2D eigenvalue weighted by molar-refractivity contribution is 0.879. The second-order valence-electron chi connectivity index (χ2n) is 5.55. The van der Waals surface area contributed by atoms with Gasteiger partial charge in [0.25, 0.3) is 0 Å². The van der Waals surface area contributed by atoms with Gasteiger partial charge in [-0.15, -0.1) is 0 Å². The molecule has 0 radical (unpaired) electrons. The summed E-state index contributed by atoms with van der Waals surface area (Å²) in [6.45, 7) is 2.14. The lowest BCUT2D eigenvalue weighted by Crippen LogP contribution is -2.07. The minimum atomic E-state index is 0.198. The van der Waals surface area contributed by atoms with Gasteiger partial charge in [-0.2, -0.15) is 5.26 Å². The van der Waals surface area contributed by atoms with Crippen LogP contribution in [-0.2, 0) is 12.8 Å². The molecular formula is C18H17ClN2. The Balaban J connectivity index is 1.80. The summed E-state index contributed by atoms with van der Waals surface area (Å²) in [5.41, 5.74) is 5.68. The smallest absolute Gasteiger partial charge is 0.101 e. The van der Waals surface area contributed by atoms with Gasteiger partial charge in [0.2, 0.25) is 0 Å². The number of nitriles is 1. The van der Waals surface area contributed by atoms with Gasteiger partial charge in [0.05, 0.1) is 10.6 Å². The van der Waals surface area contributed by atoms with E-state index in [0.717, 1.165) is 5.69 Å². The summed E-state index contributed by atoms with van der Waals surface area (Å²) in [6, 6.07) is 14.5. The number of hydrogen-bond acceptors (Lipinski definition) is 2. The first-order chi connectivity index (χ1) is 10.2. The molecule has 21 heavy (non-hydrogen) atoms. The number of fused-ring (bicyclic) bond motifs is 1. The van der Waals surface area contributed by atoms with Gasteiger partial charge in [0.1, 0.15) is 6.07 Å². The predicted octanol–water partition coefficient (Wildman–Crippen LogP) is 4.87. The molecule has 0 spiro atoms. The van der Waals surface area contributed by atoms with Gasteiger partial charge >= 0.3 is 0 Å². The van der Waals surface area contributed by atoms with Crippen LogP contribution in [0.25, 0.3) is 0 Å². The molecule has 0 saturated heterocycles. The van der Waals surface area contributed by atoms with Crippen LogP contribution in [0.2, 0.25) is 5.02 Å². The molecule has 106 valence electrons. The van der Waals surface area contributed by atoms with Crippen LogP contribution in [0, 0.1) is 11.3 Å². The van der Waals surface area contributed by atoms with Crippen molar-refractivity contribution in [2.24, 2.45) is 0 Å². The van der Waals surface area contributed by atoms with Crippen LogP contribution in [0.1, 0.15) is 41.6 Å². The van der Waals surface area contributed by atoms with Crippen LogP contribution in [0.4, 0.5) is 5.69 Å². The molecular weight excluding hydrogens is 280 g/mol. The number of nitrogens with one attached hydrogen (secondary N) is 1. The number of halogens is 1. The number of hydrogen-bond donors (Lipinski definition) is 1. The average Bonchev–Trinajstić information content (AvgIpc) is 2.96. The van der Waals surface area contributed by atoms with E-state index in [1.54, 1.807) is 12.1 Å². The summed E-state index contributed by atoms with van der Waals surface area (Å²) in [5, 5.41) is 13.0. The molecule has 1 N–H and O–H groups in total. The van der Waals surface area contributed by atoms with Crippen LogP contribution >= 0.6 is 11.6 Å². The maximum absolute atomic E-state index is 9.04. The molecule has 0 bridgehead atoms. The Kier molecular flexibility index (Phi) is 3.86. The molecule has 1 aliphatic carbocycles. The Morgan fingerprint density at radius 1 is 1.14 bits per heavy atom. The van der Waals surface area contributed by atoms with Gasteiger partial charge in [0.15, 0.2) is 0 Å². The van der Waals surface area contributed by atoms with E-state index in [-0.39, 0.29) is 6.04 Å². The fourth-order valence-corrected chi connectivity index (χ4v) is 3.05. The van der Waals surface area contributed by atoms with Crippen molar-refractivity contribution in [2.75, 3.05) is 5.32 Å². The zero-order valence-corrected chi connectivity index (χ0v) is 12.7. The van der Waals surface area contributed by atoms with E-state index in [1.165, 1.54) is 36.0 Å². The Morgan fingerprint density at radius 3 is 2.76 bits per heavy atom. The Labute approximate surface area is 130 Å². The molecule has 1 atom stereocenters. The number of benzene rings is 2. The van der Waals surface area contributed by atoms with E-state index < -0.39 is 0 Å². The highest BCUT2D eigenvalue weighted by Crippen LogP contribution is 2.28. The van der Waals surface area contributed by atoms with E-state index >= 15 is 0 Å². The number of rotatable bonds is 3. The fourth-order valence-electron chi connectivity index (χ4n) is 2.90. The highest BCUT2D eigenvalue weighted by Gasteiger charge is 2.13. The van der Waals surface area contributed by atoms with Crippen molar-refractivity contribution in [3.05, 3.63) is 63.7 Å². The third-order valence-electron chi connectivity index (χ3n) is 4.09. The van der Waals surface area contributed by atoms with Gasteiger partial charge in [0, 0.05) is 11.7 Å². The van der Waals surface area contributed by atoms with E-state index in [2.05, 4.69) is 36.5 Å². The molecule has 2 nitrogen and oxygen atoms in total. The van der Waals surface area contributed by atoms with Crippen LogP contribution in [-0.4, -0.2) is 0 Å². The van der Waals surface area contributed by atoms with Gasteiger partial charge < -0.3 is 5.32 Å². The fraction of sp³-hybridized carbons (Fsp3) is 0.278. The molecule has 3 rings (SSSR count). The zero-order chi connectivity index (χ0) is 14.8. The van der Waals surface area contributed by atoms with E-state index in [9.17, 15) is 0 Å². The minimum Gasteiger partial charge on any atom is -0.378 e. The first kappa shape index (κ1) is 14.0. The van der Waals surface area contributed by atoms with Gasteiger partial charge in [-0.05, 0) is 61.1 Å². The predicted molar refractivity (Wildman–Crippen MR) is 86.7 cm³/mol. The zero-order valence-electron chi connectivity index (χ0n) is 12.0. The number of anilines is 1. The van der Waals surface area contributed by atoms with Crippen LogP contribution in [0.15, 0.2) is 36.4 Å². The SMILES string of the molecule is CC(Nc1ccc(Cl)c(C#N)c1)c1ccc2c(c1)CCC2. The monoisotopic (exact) mass is 296 g/mol. The number of aryl methyl sites for hydroxylation is 2. The van der Waals surface area contributed by atoms with E-state index in [1.807, 2.05) is 6.07 Å². The van der Waals surface area contributed by atoms with Gasteiger partial charge in [-0.1, -0.05) is 29.8 Å². The largest absolute Gasteiger partial charge is 0.378 e. The Hall–Kier alpha value is -1.98. The van der Waals surface area contributed by atoms with E-state index in [4.69, 9.17) is 16.9 Å². The van der Waals surface area contributed by atoms with E-state index in [0.29, 0.717) is 10.6 Å². The first-order valence-electron chi connectivity index (χ1n) is 7.25. The van der Waals surface area contributed by atoms with Crippen molar-refractivity contribution in [2.45, 2.75) is 32.2 Å². The average molecular weight is 297 g/mol. The molecule has 0 saturated carbocycles. The summed E-state index contributed by atoms with van der Waals surface area (Å²) in [7, 11) is 0. The summed E-state index contributed by atoms with van der Waals surface area (Å²) >= 11 is 5.96. The third-order valence-corrected chi connectivity index (χ3v) is 4.42. The van der Waals surface area contributed by atoms with Crippen LogP contribution in [0.5, 0.6) is 0 Å². The molecule has 1 unspecified atom stereocenters. The number of nitrogens with zero attached hydrogens (tertiary/aromatic N) is 1. The maximum atomic E-state index is 9.04. The van der Waals surface area contributed by atoms with Gasteiger partial charge in [-0.3, -0.25) is 0 Å². The standard InChI is InChI=1S/C18H17ClN2/c1-12(14-6-5-13-3-2-4-15(13)9-14)21-17-7-8-18(19)16(10-17)11-20/h5-10,12,21H,2-4H2,1H3. The summed E-state index contributed by atoms with van der Waals surface area (Å²) in [5.74, 6) is 0. The Bertz CT molecular complexity index is 716. The minimum absolute atomic E-state index is 0.198. The lowest BCUT2D eigenvalue weighted by Gasteiger charge is -2.17. The Morgan fingerprint density at radius 2 is 1.95 bits per heavy atom. The summed E-state index contributed by atoms with van der Waals surface area (Å²) in [6.07, 6.45) is 3.67. The van der Waals surface area contributed by atoms with Crippen molar-refractivity contribution >= 4 is 17.3 Å². The summed E-state index contributed by atoms with van der Waals surface area (Å²) < 4.78 is 0. The molecule has 3 heteroatoms. The summed E-state index contributed by atoms with van der Waals surface area (Å²) in [4.78, 5) is 0. The van der Waals surface area contributed by atoms with Crippen molar-refractivity contribution in [3.63, 3.8) is 0 Å².